The number of rotatable bonds is 5. The van der Waals surface area contributed by atoms with Gasteiger partial charge in [-0.1, -0.05) is 6.07 Å². The largest absolute Gasteiger partial charge is 0.496 e. The summed E-state index contributed by atoms with van der Waals surface area (Å²) < 4.78 is 16.0. The minimum Gasteiger partial charge on any atom is -0.496 e. The fraction of sp³-hybridized carbons (Fsp3) is 0.435. The second kappa shape index (κ2) is 9.15. The molecule has 7 nitrogen and oxygen atoms in total. The lowest BCUT2D eigenvalue weighted by Gasteiger charge is -2.29. The molecule has 0 spiro atoms. The van der Waals surface area contributed by atoms with Gasteiger partial charge in [-0.05, 0) is 59.2 Å². The zero-order valence-corrected chi connectivity index (χ0v) is 19.0. The molecule has 0 saturated heterocycles. The third-order valence-corrected chi connectivity index (χ3v) is 4.67. The summed E-state index contributed by atoms with van der Waals surface area (Å²) in [6, 6.07) is 5.14. The van der Waals surface area contributed by atoms with Gasteiger partial charge in [-0.25, -0.2) is 9.59 Å². The Hall–Kier alpha value is -3.09. The van der Waals surface area contributed by atoms with Crippen molar-refractivity contribution in [2.24, 2.45) is 0 Å². The quantitative estimate of drug-likeness (QED) is 0.658. The van der Waals surface area contributed by atoms with Gasteiger partial charge in [0.1, 0.15) is 11.4 Å². The summed E-state index contributed by atoms with van der Waals surface area (Å²) in [5, 5.41) is 0. The van der Waals surface area contributed by atoms with Gasteiger partial charge in [0.25, 0.3) is 0 Å². The van der Waals surface area contributed by atoms with Crippen molar-refractivity contribution < 1.29 is 23.8 Å². The molecule has 1 amide bonds. The topological polar surface area (TPSA) is 78.0 Å². The molecule has 1 heterocycles. The molecule has 2 rings (SSSR count). The van der Waals surface area contributed by atoms with Crippen LogP contribution in [0.1, 0.15) is 53.5 Å². The molecule has 1 aromatic carbocycles. The highest BCUT2D eigenvalue weighted by atomic mass is 16.6. The summed E-state index contributed by atoms with van der Waals surface area (Å²) in [4.78, 5) is 31.3. The first-order chi connectivity index (χ1) is 14.0. The van der Waals surface area contributed by atoms with Crippen molar-refractivity contribution in [2.75, 3.05) is 19.1 Å². The average Bonchev–Trinajstić information content (AvgIpc) is 2.66. The lowest BCUT2D eigenvalue weighted by atomic mass is 10.0. The number of aryl methyl sites for hydroxylation is 1. The highest BCUT2D eigenvalue weighted by Gasteiger charge is 2.27. The Morgan fingerprint density at radius 1 is 1.07 bits per heavy atom. The number of anilines is 1. The van der Waals surface area contributed by atoms with E-state index in [-0.39, 0.29) is 6.54 Å². The molecule has 1 aromatic heterocycles. The van der Waals surface area contributed by atoms with Crippen LogP contribution in [0.2, 0.25) is 0 Å². The van der Waals surface area contributed by atoms with Crippen molar-refractivity contribution in [1.29, 1.82) is 0 Å². The predicted octanol–water partition coefficient (Wildman–Crippen LogP) is 4.74. The van der Waals surface area contributed by atoms with Gasteiger partial charge in [0.2, 0.25) is 0 Å². The molecular weight excluding hydrogens is 384 g/mol. The summed E-state index contributed by atoms with van der Waals surface area (Å²) in [5.41, 5.74) is 3.29. The number of nitrogens with zero attached hydrogens (tertiary/aromatic N) is 2. The van der Waals surface area contributed by atoms with Crippen molar-refractivity contribution in [1.82, 2.24) is 4.98 Å². The van der Waals surface area contributed by atoms with Crippen molar-refractivity contribution in [2.45, 2.75) is 53.7 Å². The first-order valence-corrected chi connectivity index (χ1v) is 9.67. The lowest BCUT2D eigenvalue weighted by molar-refractivity contribution is 0.0569. The van der Waals surface area contributed by atoms with E-state index in [1.807, 2.05) is 13.8 Å². The molecular formula is C23H30N2O5. The minimum absolute atomic E-state index is 0.156. The van der Waals surface area contributed by atoms with E-state index in [1.165, 1.54) is 12.0 Å². The first-order valence-electron chi connectivity index (χ1n) is 9.67. The van der Waals surface area contributed by atoms with Crippen LogP contribution in [-0.2, 0) is 16.0 Å². The number of ether oxygens (including phenoxy) is 3. The maximum atomic E-state index is 13.1. The molecule has 0 fully saturated rings. The summed E-state index contributed by atoms with van der Waals surface area (Å²) in [6.07, 6.45) is 1.18. The number of hydrogen-bond donors (Lipinski definition) is 0. The van der Waals surface area contributed by atoms with Gasteiger partial charge in [0.05, 0.1) is 37.7 Å². The number of methoxy groups -OCH3 is 2. The highest BCUT2D eigenvalue weighted by Crippen LogP contribution is 2.30. The Bertz CT molecular complexity index is 947. The Morgan fingerprint density at radius 3 is 2.30 bits per heavy atom. The molecule has 0 atom stereocenters. The van der Waals surface area contributed by atoms with Crippen LogP contribution in [-0.4, -0.2) is 36.9 Å². The summed E-state index contributed by atoms with van der Waals surface area (Å²) in [6.45, 7) is 11.2. The van der Waals surface area contributed by atoms with Gasteiger partial charge in [0.15, 0.2) is 0 Å². The van der Waals surface area contributed by atoms with Gasteiger partial charge < -0.3 is 14.2 Å². The fourth-order valence-corrected chi connectivity index (χ4v) is 3.19. The predicted molar refractivity (Wildman–Crippen MR) is 115 cm³/mol. The standard InChI is InChI=1S/C23H30N2O5/c1-14-12-24-18(16(3)20(14)28-7)13-25(22(27)30-23(4,5)6)19-11-9-10-17(15(19)2)21(26)29-8/h9-12H,13H2,1-8H3. The Labute approximate surface area is 178 Å². The van der Waals surface area contributed by atoms with E-state index < -0.39 is 17.7 Å². The molecule has 0 saturated carbocycles. The Morgan fingerprint density at radius 2 is 1.73 bits per heavy atom. The summed E-state index contributed by atoms with van der Waals surface area (Å²) in [5.74, 6) is 0.258. The smallest absolute Gasteiger partial charge is 0.415 e. The number of esters is 1. The van der Waals surface area contributed by atoms with Gasteiger partial charge in [-0.2, -0.15) is 0 Å². The monoisotopic (exact) mass is 414 g/mol. The summed E-state index contributed by atoms with van der Waals surface area (Å²) in [7, 11) is 2.93. The van der Waals surface area contributed by atoms with E-state index in [0.29, 0.717) is 22.5 Å². The molecule has 7 heteroatoms. The van der Waals surface area contributed by atoms with E-state index in [2.05, 4.69) is 4.98 Å². The van der Waals surface area contributed by atoms with Crippen LogP contribution in [0.25, 0.3) is 0 Å². The van der Waals surface area contributed by atoms with Crippen LogP contribution in [0.3, 0.4) is 0 Å². The zero-order valence-electron chi connectivity index (χ0n) is 19.0. The second-order valence-corrected chi connectivity index (χ2v) is 8.05. The van der Waals surface area contributed by atoms with Crippen LogP contribution in [0.5, 0.6) is 5.75 Å². The van der Waals surface area contributed by atoms with Crippen LogP contribution in [0.15, 0.2) is 24.4 Å². The van der Waals surface area contributed by atoms with Crippen LogP contribution in [0.4, 0.5) is 10.5 Å². The Kier molecular flexibility index (Phi) is 7.08. The number of pyridine rings is 1. The van der Waals surface area contributed by atoms with E-state index >= 15 is 0 Å². The molecule has 30 heavy (non-hydrogen) atoms. The van der Waals surface area contributed by atoms with Crippen molar-refractivity contribution in [3.8, 4) is 5.75 Å². The van der Waals surface area contributed by atoms with Crippen molar-refractivity contribution >= 4 is 17.7 Å². The fourth-order valence-electron chi connectivity index (χ4n) is 3.19. The number of carbonyl (C=O) groups is 2. The highest BCUT2D eigenvalue weighted by molar-refractivity contribution is 5.96. The first kappa shape index (κ1) is 23.2. The van der Waals surface area contributed by atoms with Crippen LogP contribution >= 0.6 is 0 Å². The number of carbonyl (C=O) groups excluding carboxylic acids is 2. The molecule has 0 radical (unpaired) electrons. The van der Waals surface area contributed by atoms with Gasteiger partial charge >= 0.3 is 12.1 Å². The third-order valence-electron chi connectivity index (χ3n) is 4.67. The van der Waals surface area contributed by atoms with Crippen molar-refractivity contribution in [3.05, 3.63) is 52.3 Å². The van der Waals surface area contributed by atoms with Gasteiger partial charge in [-0.15, -0.1) is 0 Å². The molecule has 162 valence electrons. The molecule has 0 aliphatic carbocycles. The maximum Gasteiger partial charge on any atom is 0.415 e. The SMILES string of the molecule is COC(=O)c1cccc(N(Cc2ncc(C)c(OC)c2C)C(=O)OC(C)(C)C)c1C. The van der Waals surface area contributed by atoms with E-state index in [1.54, 1.807) is 59.2 Å². The van der Waals surface area contributed by atoms with Crippen LogP contribution in [0, 0.1) is 20.8 Å². The molecule has 0 bridgehead atoms. The second-order valence-electron chi connectivity index (χ2n) is 8.05. The summed E-state index contributed by atoms with van der Waals surface area (Å²) >= 11 is 0. The molecule has 0 N–H and O–H groups in total. The maximum absolute atomic E-state index is 13.1. The van der Waals surface area contributed by atoms with Crippen molar-refractivity contribution in [3.63, 3.8) is 0 Å². The van der Waals surface area contributed by atoms with Gasteiger partial charge in [0, 0.05) is 17.3 Å². The Balaban J connectivity index is 2.58. The third kappa shape index (κ3) is 5.09. The van der Waals surface area contributed by atoms with E-state index in [9.17, 15) is 9.59 Å². The van der Waals surface area contributed by atoms with Gasteiger partial charge in [-0.3, -0.25) is 9.88 Å². The number of amides is 1. The van der Waals surface area contributed by atoms with E-state index in [0.717, 1.165) is 16.9 Å². The van der Waals surface area contributed by atoms with E-state index in [4.69, 9.17) is 14.2 Å². The molecule has 0 aliphatic rings. The normalized spacial score (nSPS) is 11.1. The van der Waals surface area contributed by atoms with Crippen LogP contribution < -0.4 is 9.64 Å². The number of benzene rings is 1. The molecule has 0 unspecified atom stereocenters. The number of hydrogen-bond acceptors (Lipinski definition) is 6. The average molecular weight is 415 g/mol. The molecule has 2 aromatic rings. The number of aromatic nitrogens is 1. The zero-order chi connectivity index (χ0) is 22.6. The minimum atomic E-state index is -0.684. The molecule has 0 aliphatic heterocycles. The lowest BCUT2D eigenvalue weighted by Crippen LogP contribution is -2.37.